The van der Waals surface area contributed by atoms with Gasteiger partial charge in [-0.05, 0) is 32.0 Å². The molecule has 0 radical (unpaired) electrons. The van der Waals surface area contributed by atoms with E-state index >= 15 is 0 Å². The molecule has 1 aromatic rings. The summed E-state index contributed by atoms with van der Waals surface area (Å²) in [4.78, 5) is 11.7. The topological polar surface area (TPSA) is 55.8 Å². The summed E-state index contributed by atoms with van der Waals surface area (Å²) in [5.74, 6) is -0.123. The van der Waals surface area contributed by atoms with E-state index in [4.69, 9.17) is 21.1 Å². The Bertz CT molecular complexity index is 456. The lowest BCUT2D eigenvalue weighted by Gasteiger charge is -2.22. The average Bonchev–Trinajstić information content (AvgIpc) is 2.51. The molecule has 1 N–H and O–H groups in total. The van der Waals surface area contributed by atoms with Crippen LogP contribution in [0.3, 0.4) is 0 Å². The molecule has 0 spiro atoms. The fraction of sp³-hybridized carbons (Fsp3) is 0.417. The molecular formula is C12H13ClO4. The fourth-order valence-corrected chi connectivity index (χ4v) is 2.05. The van der Waals surface area contributed by atoms with E-state index in [0.717, 1.165) is 0 Å². The van der Waals surface area contributed by atoms with E-state index in [1.54, 1.807) is 25.1 Å². The third-order valence-electron chi connectivity index (χ3n) is 2.74. The van der Waals surface area contributed by atoms with E-state index in [0.29, 0.717) is 16.3 Å². The van der Waals surface area contributed by atoms with Gasteiger partial charge in [0.1, 0.15) is 11.4 Å². The monoisotopic (exact) mass is 256 g/mol. The van der Waals surface area contributed by atoms with Crippen LogP contribution < -0.4 is 4.74 Å². The van der Waals surface area contributed by atoms with Crippen molar-refractivity contribution in [1.29, 1.82) is 0 Å². The van der Waals surface area contributed by atoms with Crippen LogP contribution in [-0.2, 0) is 15.1 Å². The lowest BCUT2D eigenvalue weighted by atomic mass is 9.92. The molecule has 4 nitrogen and oxygen atoms in total. The summed E-state index contributed by atoms with van der Waals surface area (Å²) >= 11 is 5.86. The Labute approximate surface area is 104 Å². The molecule has 17 heavy (non-hydrogen) atoms. The molecule has 2 rings (SSSR count). The Morgan fingerprint density at radius 1 is 1.65 bits per heavy atom. The average molecular weight is 257 g/mol. The minimum atomic E-state index is -1.42. The fourth-order valence-electron chi connectivity index (χ4n) is 1.88. The standard InChI is InChI=1S/C12H13ClO4/c1-3-16-11(14)10-12(2,15)8-6-7(13)4-5-9(8)17-10/h4-6,10,15H,3H2,1-2H3/t10-,12+/m1/s1. The molecule has 5 heteroatoms. The first-order chi connectivity index (χ1) is 7.96. The second kappa shape index (κ2) is 4.20. The van der Waals surface area contributed by atoms with Crippen LogP contribution in [0, 0.1) is 0 Å². The number of aliphatic hydroxyl groups is 1. The Morgan fingerprint density at radius 2 is 2.35 bits per heavy atom. The molecule has 0 amide bonds. The molecule has 0 fully saturated rings. The molecule has 0 unspecified atom stereocenters. The zero-order valence-electron chi connectivity index (χ0n) is 9.57. The van der Waals surface area contributed by atoms with Crippen molar-refractivity contribution in [2.24, 2.45) is 0 Å². The molecular weight excluding hydrogens is 244 g/mol. The van der Waals surface area contributed by atoms with E-state index in [2.05, 4.69) is 0 Å². The van der Waals surface area contributed by atoms with Gasteiger partial charge in [0.25, 0.3) is 0 Å². The number of rotatable bonds is 2. The van der Waals surface area contributed by atoms with Gasteiger partial charge in [-0.25, -0.2) is 4.79 Å². The minimum Gasteiger partial charge on any atom is -0.475 e. The highest BCUT2D eigenvalue weighted by Gasteiger charge is 2.49. The molecule has 2 atom stereocenters. The highest BCUT2D eigenvalue weighted by Crippen LogP contribution is 2.42. The van der Waals surface area contributed by atoms with Crippen LogP contribution in [0.1, 0.15) is 19.4 Å². The van der Waals surface area contributed by atoms with Crippen LogP contribution in [0.5, 0.6) is 5.75 Å². The van der Waals surface area contributed by atoms with Crippen molar-refractivity contribution in [3.8, 4) is 5.75 Å². The van der Waals surface area contributed by atoms with Gasteiger partial charge in [-0.2, -0.15) is 0 Å². The van der Waals surface area contributed by atoms with E-state index in [1.165, 1.54) is 6.92 Å². The third-order valence-corrected chi connectivity index (χ3v) is 2.98. The van der Waals surface area contributed by atoms with Gasteiger partial charge in [-0.1, -0.05) is 11.6 Å². The van der Waals surface area contributed by atoms with Gasteiger partial charge in [0.15, 0.2) is 0 Å². The van der Waals surface area contributed by atoms with E-state index in [9.17, 15) is 9.90 Å². The predicted molar refractivity (Wildman–Crippen MR) is 62.1 cm³/mol. The lowest BCUT2D eigenvalue weighted by Crippen LogP contribution is -2.42. The van der Waals surface area contributed by atoms with Crippen molar-refractivity contribution in [1.82, 2.24) is 0 Å². The quantitative estimate of drug-likeness (QED) is 0.821. The maximum absolute atomic E-state index is 11.7. The largest absolute Gasteiger partial charge is 0.475 e. The molecule has 1 heterocycles. The number of hydrogen-bond donors (Lipinski definition) is 1. The van der Waals surface area contributed by atoms with Crippen LogP contribution in [0.25, 0.3) is 0 Å². The Balaban J connectivity index is 2.36. The first-order valence-electron chi connectivity index (χ1n) is 5.32. The number of hydrogen-bond acceptors (Lipinski definition) is 4. The first-order valence-corrected chi connectivity index (χ1v) is 5.70. The second-order valence-electron chi connectivity index (χ2n) is 4.04. The number of halogens is 1. The summed E-state index contributed by atoms with van der Waals surface area (Å²) in [5.41, 5.74) is -0.921. The highest BCUT2D eigenvalue weighted by molar-refractivity contribution is 6.30. The highest BCUT2D eigenvalue weighted by atomic mass is 35.5. The van der Waals surface area contributed by atoms with E-state index < -0.39 is 17.7 Å². The normalized spacial score (nSPS) is 26.2. The Hall–Kier alpha value is -1.26. The molecule has 0 saturated carbocycles. The number of benzene rings is 1. The van der Waals surface area contributed by atoms with Crippen molar-refractivity contribution < 1.29 is 19.4 Å². The number of ether oxygens (including phenoxy) is 2. The molecule has 92 valence electrons. The molecule has 0 bridgehead atoms. The van der Waals surface area contributed by atoms with Crippen LogP contribution in [0.15, 0.2) is 18.2 Å². The van der Waals surface area contributed by atoms with Gasteiger partial charge in [0, 0.05) is 10.6 Å². The van der Waals surface area contributed by atoms with Crippen molar-refractivity contribution in [3.63, 3.8) is 0 Å². The van der Waals surface area contributed by atoms with E-state index in [1.807, 2.05) is 0 Å². The molecule has 0 aromatic heterocycles. The first kappa shape index (κ1) is 12.2. The molecule has 1 aliphatic heterocycles. The van der Waals surface area contributed by atoms with E-state index in [-0.39, 0.29) is 6.61 Å². The number of fused-ring (bicyclic) bond motifs is 1. The summed E-state index contributed by atoms with van der Waals surface area (Å²) < 4.78 is 10.3. The van der Waals surface area contributed by atoms with Gasteiger partial charge in [-0.3, -0.25) is 0 Å². The summed E-state index contributed by atoms with van der Waals surface area (Å²) in [6, 6.07) is 4.87. The van der Waals surface area contributed by atoms with Crippen LogP contribution in [-0.4, -0.2) is 23.8 Å². The summed E-state index contributed by atoms with van der Waals surface area (Å²) in [7, 11) is 0. The van der Waals surface area contributed by atoms with Crippen molar-refractivity contribution >= 4 is 17.6 Å². The van der Waals surface area contributed by atoms with Gasteiger partial charge in [0.2, 0.25) is 6.10 Å². The minimum absolute atomic E-state index is 0.242. The Kier molecular flexibility index (Phi) is 3.02. The van der Waals surface area contributed by atoms with Crippen LogP contribution in [0.4, 0.5) is 0 Å². The number of esters is 1. The predicted octanol–water partition coefficient (Wildman–Crippen LogP) is 1.87. The van der Waals surface area contributed by atoms with Gasteiger partial charge in [-0.15, -0.1) is 0 Å². The summed E-state index contributed by atoms with van der Waals surface area (Å²) in [6.07, 6.45) is -1.05. The molecule has 0 saturated heterocycles. The van der Waals surface area contributed by atoms with Crippen molar-refractivity contribution in [2.45, 2.75) is 25.6 Å². The Morgan fingerprint density at radius 3 is 3.00 bits per heavy atom. The third kappa shape index (κ3) is 1.98. The maximum Gasteiger partial charge on any atom is 0.350 e. The summed E-state index contributed by atoms with van der Waals surface area (Å²) in [5, 5.41) is 10.8. The molecule has 1 aromatic carbocycles. The lowest BCUT2D eigenvalue weighted by molar-refractivity contribution is -0.161. The number of carbonyl (C=O) groups excluding carboxylic acids is 1. The summed E-state index contributed by atoms with van der Waals surface area (Å²) in [6.45, 7) is 3.45. The molecule has 1 aliphatic rings. The van der Waals surface area contributed by atoms with Crippen molar-refractivity contribution in [3.05, 3.63) is 28.8 Å². The van der Waals surface area contributed by atoms with Crippen LogP contribution >= 0.6 is 11.6 Å². The zero-order valence-corrected chi connectivity index (χ0v) is 10.3. The van der Waals surface area contributed by atoms with Crippen molar-refractivity contribution in [2.75, 3.05) is 6.61 Å². The van der Waals surface area contributed by atoms with Crippen LogP contribution in [0.2, 0.25) is 5.02 Å². The van der Waals surface area contributed by atoms with Gasteiger partial charge in [0.05, 0.1) is 6.61 Å². The van der Waals surface area contributed by atoms with Gasteiger partial charge >= 0.3 is 5.97 Å². The SMILES string of the molecule is CCOC(=O)[C@H]1Oc2ccc(Cl)cc2[C@]1(C)O. The smallest absolute Gasteiger partial charge is 0.350 e. The zero-order chi connectivity index (χ0) is 12.6. The maximum atomic E-state index is 11.7. The molecule has 0 aliphatic carbocycles. The number of carbonyl (C=O) groups is 1. The second-order valence-corrected chi connectivity index (χ2v) is 4.47. The van der Waals surface area contributed by atoms with Gasteiger partial charge < -0.3 is 14.6 Å².